The second-order valence-corrected chi connectivity index (χ2v) is 4.65. The van der Waals surface area contributed by atoms with Gasteiger partial charge in [0.05, 0.1) is 11.0 Å². The molecular formula is C16H14N2O. The summed E-state index contributed by atoms with van der Waals surface area (Å²) in [5, 5.41) is 0. The minimum Gasteiger partial charge on any atom is -0.319 e. The molecule has 3 heteroatoms. The molecule has 0 saturated heterocycles. The number of fused-ring (bicyclic) bond motifs is 1. The fourth-order valence-electron chi connectivity index (χ4n) is 2.20. The van der Waals surface area contributed by atoms with Crippen molar-refractivity contribution < 1.29 is 0 Å². The molecular weight excluding hydrogens is 236 g/mol. The molecule has 0 atom stereocenters. The lowest BCUT2D eigenvalue weighted by atomic mass is 10.1. The van der Waals surface area contributed by atoms with E-state index in [1.807, 2.05) is 55.5 Å². The summed E-state index contributed by atoms with van der Waals surface area (Å²) in [4.78, 5) is 19.5. The number of H-pyrrole nitrogens is 1. The number of para-hydroxylation sites is 1. The van der Waals surface area contributed by atoms with E-state index >= 15 is 0 Å². The number of hydrogen-bond acceptors (Lipinski definition) is 2. The van der Waals surface area contributed by atoms with Crippen LogP contribution in [0, 0.1) is 6.92 Å². The Balaban J connectivity index is 2.12. The average Bonchev–Trinajstić information content (AvgIpc) is 2.42. The monoisotopic (exact) mass is 250 g/mol. The van der Waals surface area contributed by atoms with Crippen molar-refractivity contribution in [3.05, 3.63) is 75.7 Å². The zero-order valence-corrected chi connectivity index (χ0v) is 10.7. The van der Waals surface area contributed by atoms with Crippen molar-refractivity contribution in [2.24, 2.45) is 0 Å². The number of aryl methyl sites for hydroxylation is 1. The highest BCUT2D eigenvalue weighted by atomic mass is 16.1. The van der Waals surface area contributed by atoms with E-state index in [2.05, 4.69) is 9.97 Å². The summed E-state index contributed by atoms with van der Waals surface area (Å²) >= 11 is 0. The van der Waals surface area contributed by atoms with E-state index in [4.69, 9.17) is 0 Å². The van der Waals surface area contributed by atoms with Gasteiger partial charge in [0, 0.05) is 6.42 Å². The van der Waals surface area contributed by atoms with E-state index in [1.54, 1.807) is 0 Å². The zero-order valence-electron chi connectivity index (χ0n) is 10.7. The second kappa shape index (κ2) is 4.69. The lowest BCUT2D eigenvalue weighted by Crippen LogP contribution is -2.15. The first-order valence-corrected chi connectivity index (χ1v) is 6.26. The summed E-state index contributed by atoms with van der Waals surface area (Å²) in [6.07, 6.45) is 0.556. The Hall–Kier alpha value is -2.42. The lowest BCUT2D eigenvalue weighted by Gasteiger charge is -2.04. The van der Waals surface area contributed by atoms with Gasteiger partial charge in [-0.15, -0.1) is 0 Å². The molecule has 0 aliphatic carbocycles. The molecule has 0 spiro atoms. The fraction of sp³-hybridized carbons (Fsp3) is 0.125. The smallest absolute Gasteiger partial charge is 0.270 e. The highest BCUT2D eigenvalue weighted by Gasteiger charge is 2.07. The fourth-order valence-corrected chi connectivity index (χ4v) is 2.20. The molecule has 3 aromatic rings. The van der Waals surface area contributed by atoms with Crippen LogP contribution >= 0.6 is 0 Å². The molecule has 0 aliphatic heterocycles. The third kappa shape index (κ3) is 2.27. The lowest BCUT2D eigenvalue weighted by molar-refractivity contribution is 1.03. The van der Waals surface area contributed by atoms with Crippen molar-refractivity contribution in [1.82, 2.24) is 9.97 Å². The van der Waals surface area contributed by atoms with Gasteiger partial charge in [0.2, 0.25) is 0 Å². The molecule has 0 unspecified atom stereocenters. The van der Waals surface area contributed by atoms with Crippen LogP contribution in [0.15, 0.2) is 53.3 Å². The SMILES string of the molecule is Cc1cccc2[nH]c(=O)c(Cc3ccccc3)nc12. The Labute approximate surface area is 111 Å². The Morgan fingerprint density at radius 1 is 1.05 bits per heavy atom. The summed E-state index contributed by atoms with van der Waals surface area (Å²) in [5.41, 5.74) is 4.28. The van der Waals surface area contributed by atoms with Crippen molar-refractivity contribution in [3.8, 4) is 0 Å². The number of nitrogens with one attached hydrogen (secondary N) is 1. The number of benzene rings is 2. The van der Waals surface area contributed by atoms with Crippen molar-refractivity contribution in [2.75, 3.05) is 0 Å². The minimum absolute atomic E-state index is 0.109. The molecule has 3 nitrogen and oxygen atoms in total. The third-order valence-corrected chi connectivity index (χ3v) is 3.21. The Kier molecular flexibility index (Phi) is 2.88. The molecule has 0 bridgehead atoms. The Morgan fingerprint density at radius 2 is 1.84 bits per heavy atom. The molecule has 0 saturated carbocycles. The number of nitrogens with zero attached hydrogens (tertiary/aromatic N) is 1. The molecule has 0 aliphatic rings. The van der Waals surface area contributed by atoms with Crippen LogP contribution in [0.2, 0.25) is 0 Å². The van der Waals surface area contributed by atoms with Gasteiger partial charge in [-0.2, -0.15) is 0 Å². The molecule has 94 valence electrons. The van der Waals surface area contributed by atoms with Crippen LogP contribution in [-0.4, -0.2) is 9.97 Å². The maximum atomic E-state index is 12.0. The van der Waals surface area contributed by atoms with Crippen molar-refractivity contribution in [3.63, 3.8) is 0 Å². The van der Waals surface area contributed by atoms with Crippen LogP contribution in [0.5, 0.6) is 0 Å². The molecule has 0 amide bonds. The van der Waals surface area contributed by atoms with E-state index in [0.29, 0.717) is 12.1 Å². The van der Waals surface area contributed by atoms with Gasteiger partial charge in [0.25, 0.3) is 5.56 Å². The summed E-state index contributed by atoms with van der Waals surface area (Å²) in [5.74, 6) is 0. The summed E-state index contributed by atoms with van der Waals surface area (Å²) in [7, 11) is 0. The van der Waals surface area contributed by atoms with Gasteiger partial charge in [0.1, 0.15) is 5.69 Å². The van der Waals surface area contributed by atoms with E-state index in [1.165, 1.54) is 0 Å². The quantitative estimate of drug-likeness (QED) is 0.760. The maximum Gasteiger partial charge on any atom is 0.270 e. The number of aromatic nitrogens is 2. The highest BCUT2D eigenvalue weighted by molar-refractivity contribution is 5.77. The van der Waals surface area contributed by atoms with Gasteiger partial charge >= 0.3 is 0 Å². The molecule has 0 fully saturated rings. The van der Waals surface area contributed by atoms with Gasteiger partial charge in [-0.3, -0.25) is 4.79 Å². The van der Waals surface area contributed by atoms with E-state index in [9.17, 15) is 4.79 Å². The van der Waals surface area contributed by atoms with E-state index in [0.717, 1.165) is 22.2 Å². The van der Waals surface area contributed by atoms with Crippen LogP contribution in [0.25, 0.3) is 11.0 Å². The number of aromatic amines is 1. The van der Waals surface area contributed by atoms with Crippen molar-refractivity contribution in [1.29, 1.82) is 0 Å². The van der Waals surface area contributed by atoms with E-state index < -0.39 is 0 Å². The van der Waals surface area contributed by atoms with Crippen LogP contribution in [0.4, 0.5) is 0 Å². The molecule has 19 heavy (non-hydrogen) atoms. The normalized spacial score (nSPS) is 10.8. The van der Waals surface area contributed by atoms with E-state index in [-0.39, 0.29) is 5.56 Å². The summed E-state index contributed by atoms with van der Waals surface area (Å²) < 4.78 is 0. The molecule has 0 radical (unpaired) electrons. The molecule has 1 heterocycles. The minimum atomic E-state index is -0.109. The zero-order chi connectivity index (χ0) is 13.2. The largest absolute Gasteiger partial charge is 0.319 e. The first-order chi connectivity index (χ1) is 9.24. The summed E-state index contributed by atoms with van der Waals surface area (Å²) in [6, 6.07) is 15.7. The molecule has 3 rings (SSSR count). The first kappa shape index (κ1) is 11.7. The van der Waals surface area contributed by atoms with Crippen LogP contribution in [0.3, 0.4) is 0 Å². The standard InChI is InChI=1S/C16H14N2O/c1-11-6-5-9-13-15(11)17-14(16(19)18-13)10-12-7-3-2-4-8-12/h2-9H,10H2,1H3,(H,18,19). The second-order valence-electron chi connectivity index (χ2n) is 4.65. The van der Waals surface area contributed by atoms with Gasteiger partial charge in [-0.1, -0.05) is 42.5 Å². The molecule has 1 N–H and O–H groups in total. The van der Waals surface area contributed by atoms with Gasteiger partial charge in [-0.05, 0) is 24.1 Å². The van der Waals surface area contributed by atoms with Crippen molar-refractivity contribution >= 4 is 11.0 Å². The summed E-state index contributed by atoms with van der Waals surface area (Å²) in [6.45, 7) is 2.00. The van der Waals surface area contributed by atoms with Gasteiger partial charge < -0.3 is 4.98 Å². The Morgan fingerprint density at radius 3 is 2.63 bits per heavy atom. The number of rotatable bonds is 2. The van der Waals surface area contributed by atoms with Gasteiger partial charge in [-0.25, -0.2) is 4.98 Å². The molecule has 1 aromatic heterocycles. The third-order valence-electron chi connectivity index (χ3n) is 3.21. The topological polar surface area (TPSA) is 45.8 Å². The van der Waals surface area contributed by atoms with Crippen LogP contribution < -0.4 is 5.56 Å². The molecule has 2 aromatic carbocycles. The van der Waals surface area contributed by atoms with Crippen LogP contribution in [0.1, 0.15) is 16.8 Å². The predicted octanol–water partition coefficient (Wildman–Crippen LogP) is 2.82. The van der Waals surface area contributed by atoms with Crippen molar-refractivity contribution in [2.45, 2.75) is 13.3 Å². The average molecular weight is 250 g/mol. The highest BCUT2D eigenvalue weighted by Crippen LogP contribution is 2.13. The Bertz CT molecular complexity index is 776. The van der Waals surface area contributed by atoms with Crippen LogP contribution in [-0.2, 0) is 6.42 Å². The number of hydrogen-bond donors (Lipinski definition) is 1. The predicted molar refractivity (Wildman–Crippen MR) is 76.3 cm³/mol. The maximum absolute atomic E-state index is 12.0. The first-order valence-electron chi connectivity index (χ1n) is 6.26. The van der Waals surface area contributed by atoms with Gasteiger partial charge in [0.15, 0.2) is 0 Å².